The Labute approximate surface area is 109 Å². The standard InChI is InChI=1S/C15H21N3/c1-3-13-7-5-6-8-14(13)15(16)18-11-9-17(4-2)10-12-18/h3,5-8,16H,1,4,9-12H2,2H3. The molecule has 1 N–H and O–H groups in total. The molecule has 2 rings (SSSR count). The maximum absolute atomic E-state index is 8.35. The van der Waals surface area contributed by atoms with Crippen molar-refractivity contribution in [2.24, 2.45) is 0 Å². The summed E-state index contributed by atoms with van der Waals surface area (Å²) in [6.07, 6.45) is 1.83. The summed E-state index contributed by atoms with van der Waals surface area (Å²) >= 11 is 0. The van der Waals surface area contributed by atoms with Gasteiger partial charge in [0.15, 0.2) is 0 Å². The first-order valence-corrected chi connectivity index (χ1v) is 6.54. The number of hydrogen-bond donors (Lipinski definition) is 1. The number of amidine groups is 1. The average molecular weight is 243 g/mol. The molecule has 0 amide bonds. The largest absolute Gasteiger partial charge is 0.354 e. The summed E-state index contributed by atoms with van der Waals surface area (Å²) < 4.78 is 0. The fraction of sp³-hybridized carbons (Fsp3) is 0.400. The Hall–Kier alpha value is -1.61. The lowest BCUT2D eigenvalue weighted by Crippen LogP contribution is -2.48. The summed E-state index contributed by atoms with van der Waals surface area (Å²) in [5.41, 5.74) is 2.03. The number of likely N-dealkylation sites (N-methyl/N-ethyl adjacent to an activating group) is 1. The fourth-order valence-corrected chi connectivity index (χ4v) is 2.35. The first-order chi connectivity index (χ1) is 8.76. The average Bonchev–Trinajstić information content (AvgIpc) is 2.46. The van der Waals surface area contributed by atoms with Gasteiger partial charge in [0.25, 0.3) is 0 Å². The van der Waals surface area contributed by atoms with Gasteiger partial charge in [-0.2, -0.15) is 0 Å². The fourth-order valence-electron chi connectivity index (χ4n) is 2.35. The predicted octanol–water partition coefficient (Wildman–Crippen LogP) is 2.29. The third kappa shape index (κ3) is 2.62. The molecule has 3 heteroatoms. The molecule has 1 aromatic carbocycles. The van der Waals surface area contributed by atoms with Crippen LogP contribution in [0.15, 0.2) is 30.8 Å². The second-order valence-corrected chi connectivity index (χ2v) is 4.56. The molecule has 0 aliphatic carbocycles. The van der Waals surface area contributed by atoms with Crippen LogP contribution >= 0.6 is 0 Å². The van der Waals surface area contributed by atoms with Crippen molar-refractivity contribution in [1.29, 1.82) is 5.41 Å². The van der Waals surface area contributed by atoms with Gasteiger partial charge in [-0.25, -0.2) is 0 Å². The molecule has 1 heterocycles. The molecule has 0 aromatic heterocycles. The number of piperazine rings is 1. The van der Waals surface area contributed by atoms with E-state index in [2.05, 4.69) is 23.3 Å². The van der Waals surface area contributed by atoms with Crippen LogP contribution < -0.4 is 0 Å². The van der Waals surface area contributed by atoms with E-state index >= 15 is 0 Å². The SMILES string of the molecule is C=Cc1ccccc1C(=N)N1CCN(CC)CC1. The third-order valence-electron chi connectivity index (χ3n) is 3.57. The molecule has 0 unspecified atom stereocenters. The van der Waals surface area contributed by atoms with Crippen LogP contribution in [0.4, 0.5) is 0 Å². The Bertz CT molecular complexity index is 431. The zero-order chi connectivity index (χ0) is 13.0. The Morgan fingerprint density at radius 2 is 1.94 bits per heavy atom. The second-order valence-electron chi connectivity index (χ2n) is 4.56. The minimum atomic E-state index is 0.626. The van der Waals surface area contributed by atoms with Gasteiger partial charge in [-0.05, 0) is 12.1 Å². The molecule has 1 aliphatic heterocycles. The molecular formula is C15H21N3. The highest BCUT2D eigenvalue weighted by molar-refractivity contribution is 5.99. The number of rotatable bonds is 3. The molecule has 18 heavy (non-hydrogen) atoms. The van der Waals surface area contributed by atoms with E-state index in [9.17, 15) is 0 Å². The van der Waals surface area contributed by atoms with Crippen molar-refractivity contribution < 1.29 is 0 Å². The minimum absolute atomic E-state index is 0.626. The molecule has 96 valence electrons. The second kappa shape index (κ2) is 5.83. The van der Waals surface area contributed by atoms with Gasteiger partial charge in [0.05, 0.1) is 0 Å². The molecule has 1 saturated heterocycles. The first kappa shape index (κ1) is 12.8. The van der Waals surface area contributed by atoms with Crippen molar-refractivity contribution in [2.45, 2.75) is 6.92 Å². The van der Waals surface area contributed by atoms with E-state index in [1.807, 2.05) is 30.3 Å². The monoisotopic (exact) mass is 243 g/mol. The molecule has 0 bridgehead atoms. The van der Waals surface area contributed by atoms with E-state index in [4.69, 9.17) is 5.41 Å². The highest BCUT2D eigenvalue weighted by Gasteiger charge is 2.19. The lowest BCUT2D eigenvalue weighted by molar-refractivity contribution is 0.189. The van der Waals surface area contributed by atoms with E-state index < -0.39 is 0 Å². The maximum Gasteiger partial charge on any atom is 0.128 e. The molecule has 3 nitrogen and oxygen atoms in total. The molecule has 1 fully saturated rings. The van der Waals surface area contributed by atoms with Gasteiger partial charge in [0.1, 0.15) is 5.84 Å². The Balaban J connectivity index is 2.10. The normalized spacial score (nSPS) is 16.6. The highest BCUT2D eigenvalue weighted by atomic mass is 15.3. The molecule has 1 aromatic rings. The van der Waals surface area contributed by atoms with Gasteiger partial charge in [0, 0.05) is 31.7 Å². The predicted molar refractivity (Wildman–Crippen MR) is 77.0 cm³/mol. The number of hydrogen-bond acceptors (Lipinski definition) is 2. The quantitative estimate of drug-likeness (QED) is 0.652. The number of benzene rings is 1. The first-order valence-electron chi connectivity index (χ1n) is 6.54. The molecule has 0 saturated carbocycles. The van der Waals surface area contributed by atoms with E-state index in [-0.39, 0.29) is 0 Å². The van der Waals surface area contributed by atoms with Crippen molar-refractivity contribution in [1.82, 2.24) is 9.80 Å². The summed E-state index contributed by atoms with van der Waals surface area (Å²) in [5, 5.41) is 8.35. The van der Waals surface area contributed by atoms with Crippen molar-refractivity contribution >= 4 is 11.9 Å². The van der Waals surface area contributed by atoms with E-state index in [0.717, 1.165) is 43.9 Å². The summed E-state index contributed by atoms with van der Waals surface area (Å²) in [6.45, 7) is 11.1. The molecule has 0 radical (unpaired) electrons. The van der Waals surface area contributed by atoms with Gasteiger partial charge in [-0.15, -0.1) is 0 Å². The number of nitrogens with zero attached hydrogens (tertiary/aromatic N) is 2. The van der Waals surface area contributed by atoms with Crippen LogP contribution in [0.25, 0.3) is 6.08 Å². The number of nitrogens with one attached hydrogen (secondary N) is 1. The van der Waals surface area contributed by atoms with Gasteiger partial charge in [-0.3, -0.25) is 5.41 Å². The van der Waals surface area contributed by atoms with Crippen LogP contribution in [0, 0.1) is 5.41 Å². The Kier molecular flexibility index (Phi) is 4.15. The summed E-state index contributed by atoms with van der Waals surface area (Å²) in [7, 11) is 0. The van der Waals surface area contributed by atoms with E-state index in [1.165, 1.54) is 0 Å². The molecule has 0 spiro atoms. The van der Waals surface area contributed by atoms with Gasteiger partial charge < -0.3 is 9.80 Å². The van der Waals surface area contributed by atoms with Crippen molar-refractivity contribution in [3.63, 3.8) is 0 Å². The zero-order valence-corrected chi connectivity index (χ0v) is 11.0. The van der Waals surface area contributed by atoms with E-state index in [0.29, 0.717) is 5.84 Å². The smallest absolute Gasteiger partial charge is 0.128 e. The topological polar surface area (TPSA) is 30.3 Å². The Morgan fingerprint density at radius 3 is 2.56 bits per heavy atom. The van der Waals surface area contributed by atoms with Gasteiger partial charge in [0.2, 0.25) is 0 Å². The van der Waals surface area contributed by atoms with Crippen LogP contribution in [0.3, 0.4) is 0 Å². The van der Waals surface area contributed by atoms with Crippen LogP contribution in [0.2, 0.25) is 0 Å². The highest BCUT2D eigenvalue weighted by Crippen LogP contribution is 2.14. The summed E-state index contributed by atoms with van der Waals surface area (Å²) in [4.78, 5) is 4.58. The molecule has 1 aliphatic rings. The van der Waals surface area contributed by atoms with Crippen LogP contribution in [0.5, 0.6) is 0 Å². The molecular weight excluding hydrogens is 222 g/mol. The Morgan fingerprint density at radius 1 is 1.28 bits per heavy atom. The minimum Gasteiger partial charge on any atom is -0.354 e. The lowest BCUT2D eigenvalue weighted by atomic mass is 10.1. The zero-order valence-electron chi connectivity index (χ0n) is 11.0. The van der Waals surface area contributed by atoms with Crippen molar-refractivity contribution in [3.8, 4) is 0 Å². The van der Waals surface area contributed by atoms with Gasteiger partial charge in [-0.1, -0.05) is 43.8 Å². The van der Waals surface area contributed by atoms with E-state index in [1.54, 1.807) is 0 Å². The molecule has 0 atom stereocenters. The lowest BCUT2D eigenvalue weighted by Gasteiger charge is -2.35. The third-order valence-corrected chi connectivity index (χ3v) is 3.57. The van der Waals surface area contributed by atoms with Gasteiger partial charge >= 0.3 is 0 Å². The maximum atomic E-state index is 8.35. The van der Waals surface area contributed by atoms with Crippen molar-refractivity contribution in [2.75, 3.05) is 32.7 Å². The van der Waals surface area contributed by atoms with Crippen LogP contribution in [-0.2, 0) is 0 Å². The summed E-state index contributed by atoms with van der Waals surface area (Å²) in [6, 6.07) is 7.99. The van der Waals surface area contributed by atoms with Crippen LogP contribution in [-0.4, -0.2) is 48.4 Å². The van der Waals surface area contributed by atoms with Crippen LogP contribution in [0.1, 0.15) is 18.1 Å². The summed E-state index contributed by atoms with van der Waals surface area (Å²) in [5.74, 6) is 0.626. The van der Waals surface area contributed by atoms with Crippen molar-refractivity contribution in [3.05, 3.63) is 42.0 Å².